The highest BCUT2D eigenvalue weighted by molar-refractivity contribution is 7.99. The molecule has 0 bridgehead atoms. The fourth-order valence-corrected chi connectivity index (χ4v) is 4.80. The molecule has 0 radical (unpaired) electrons. The Morgan fingerprint density at radius 1 is 1.25 bits per heavy atom. The molecule has 0 spiro atoms. The SMILES string of the molecule is COc1cc2c(=O)[nH]c(CSC3CCNCC3)nc2cc1NCC1CCC1.Cl. The van der Waals surface area contributed by atoms with E-state index in [4.69, 9.17) is 9.72 Å². The fraction of sp³-hybridized carbons (Fsp3) is 0.600. The van der Waals surface area contributed by atoms with Gasteiger partial charge in [0.2, 0.25) is 0 Å². The molecular weight excluding hydrogens is 396 g/mol. The molecule has 3 N–H and O–H groups in total. The van der Waals surface area contributed by atoms with Crippen LogP contribution in [0.2, 0.25) is 0 Å². The van der Waals surface area contributed by atoms with Crippen LogP contribution in [0.5, 0.6) is 5.75 Å². The molecule has 1 aliphatic heterocycles. The van der Waals surface area contributed by atoms with Crippen LogP contribution < -0.4 is 20.9 Å². The number of methoxy groups -OCH3 is 1. The maximum Gasteiger partial charge on any atom is 0.258 e. The minimum absolute atomic E-state index is 0. The number of H-pyrrole nitrogens is 1. The van der Waals surface area contributed by atoms with E-state index in [2.05, 4.69) is 15.6 Å². The predicted molar refractivity (Wildman–Crippen MR) is 119 cm³/mol. The Bertz CT molecular complexity index is 850. The van der Waals surface area contributed by atoms with Crippen LogP contribution in [0.15, 0.2) is 16.9 Å². The number of aromatic amines is 1. The van der Waals surface area contributed by atoms with E-state index in [0.717, 1.165) is 48.3 Å². The molecule has 154 valence electrons. The van der Waals surface area contributed by atoms with Gasteiger partial charge in [-0.05, 0) is 56.8 Å². The van der Waals surface area contributed by atoms with E-state index in [1.807, 2.05) is 17.8 Å². The molecule has 1 aromatic carbocycles. The summed E-state index contributed by atoms with van der Waals surface area (Å²) in [4.78, 5) is 20.2. The number of benzene rings is 1. The minimum atomic E-state index is -0.0928. The molecular formula is C20H29ClN4O2S. The molecule has 6 nitrogen and oxygen atoms in total. The zero-order valence-corrected chi connectivity index (χ0v) is 17.9. The third-order valence-electron chi connectivity index (χ3n) is 5.62. The van der Waals surface area contributed by atoms with Crippen molar-refractivity contribution in [3.05, 3.63) is 28.3 Å². The van der Waals surface area contributed by atoms with Gasteiger partial charge in [0.15, 0.2) is 0 Å². The van der Waals surface area contributed by atoms with Crippen LogP contribution in [-0.4, -0.2) is 42.0 Å². The average Bonchev–Trinajstić information content (AvgIpc) is 2.65. The van der Waals surface area contributed by atoms with Crippen molar-refractivity contribution in [1.29, 1.82) is 0 Å². The van der Waals surface area contributed by atoms with Gasteiger partial charge < -0.3 is 20.4 Å². The third kappa shape index (κ3) is 4.93. The lowest BCUT2D eigenvalue weighted by molar-refractivity contribution is 0.333. The minimum Gasteiger partial charge on any atom is -0.495 e. The van der Waals surface area contributed by atoms with Crippen LogP contribution in [0.3, 0.4) is 0 Å². The summed E-state index contributed by atoms with van der Waals surface area (Å²) in [6.45, 7) is 3.10. The highest BCUT2D eigenvalue weighted by Gasteiger charge is 2.18. The third-order valence-corrected chi connectivity index (χ3v) is 7.01. The van der Waals surface area contributed by atoms with Gasteiger partial charge >= 0.3 is 0 Å². The number of ether oxygens (including phenoxy) is 1. The number of piperidine rings is 1. The molecule has 2 heterocycles. The lowest BCUT2D eigenvalue weighted by Crippen LogP contribution is -2.29. The Labute approximate surface area is 176 Å². The summed E-state index contributed by atoms with van der Waals surface area (Å²) < 4.78 is 5.50. The smallest absolute Gasteiger partial charge is 0.258 e. The summed E-state index contributed by atoms with van der Waals surface area (Å²) >= 11 is 1.89. The monoisotopic (exact) mass is 424 g/mol. The van der Waals surface area contributed by atoms with Gasteiger partial charge in [-0.3, -0.25) is 4.79 Å². The Balaban J connectivity index is 0.00000225. The van der Waals surface area contributed by atoms with Gasteiger partial charge in [-0.15, -0.1) is 12.4 Å². The standard InChI is InChI=1S/C20H28N4O2S.ClH/c1-26-18-9-15-16(10-17(18)22-11-13-3-2-4-13)23-19(24-20(15)25)12-27-14-5-7-21-8-6-14;/h9-10,13-14,21-22H,2-8,11-12H2,1H3,(H,23,24,25);1H. The number of nitrogens with zero attached hydrogens (tertiary/aromatic N) is 1. The molecule has 0 atom stereocenters. The summed E-state index contributed by atoms with van der Waals surface area (Å²) in [6, 6.07) is 3.76. The lowest BCUT2D eigenvalue weighted by Gasteiger charge is -2.26. The second-order valence-electron chi connectivity index (χ2n) is 7.52. The predicted octanol–water partition coefficient (Wildman–Crippen LogP) is 3.55. The number of anilines is 1. The zero-order valence-electron chi connectivity index (χ0n) is 16.3. The number of hydrogen-bond acceptors (Lipinski definition) is 6. The lowest BCUT2D eigenvalue weighted by atomic mass is 9.85. The zero-order chi connectivity index (χ0) is 18.6. The first-order valence-corrected chi connectivity index (χ1v) is 10.9. The molecule has 1 saturated heterocycles. The van der Waals surface area contributed by atoms with E-state index >= 15 is 0 Å². The summed E-state index contributed by atoms with van der Waals surface area (Å²) in [5.41, 5.74) is 1.56. The second kappa shape index (κ2) is 9.85. The first-order valence-electron chi connectivity index (χ1n) is 9.90. The molecule has 2 aromatic rings. The number of fused-ring (bicyclic) bond motifs is 1. The summed E-state index contributed by atoms with van der Waals surface area (Å²) in [5.74, 6) is 2.94. The Morgan fingerprint density at radius 2 is 2.04 bits per heavy atom. The van der Waals surface area contributed by atoms with Crippen molar-refractivity contribution >= 4 is 40.8 Å². The van der Waals surface area contributed by atoms with Gasteiger partial charge in [0.05, 0.1) is 29.5 Å². The van der Waals surface area contributed by atoms with Crippen molar-refractivity contribution in [3.63, 3.8) is 0 Å². The molecule has 28 heavy (non-hydrogen) atoms. The van der Waals surface area contributed by atoms with Crippen molar-refractivity contribution in [2.75, 3.05) is 32.1 Å². The molecule has 0 amide bonds. The van der Waals surface area contributed by atoms with E-state index in [0.29, 0.717) is 16.4 Å². The van der Waals surface area contributed by atoms with Crippen LogP contribution in [0.4, 0.5) is 5.69 Å². The van der Waals surface area contributed by atoms with Crippen LogP contribution in [0.25, 0.3) is 10.9 Å². The molecule has 2 aliphatic rings. The highest BCUT2D eigenvalue weighted by atomic mass is 35.5. The Morgan fingerprint density at radius 3 is 2.71 bits per heavy atom. The highest BCUT2D eigenvalue weighted by Crippen LogP contribution is 2.31. The molecule has 0 unspecified atom stereocenters. The number of halogens is 1. The number of hydrogen-bond donors (Lipinski definition) is 3. The average molecular weight is 425 g/mol. The number of aromatic nitrogens is 2. The number of thioether (sulfide) groups is 1. The van der Waals surface area contributed by atoms with Crippen molar-refractivity contribution < 1.29 is 4.74 Å². The summed E-state index contributed by atoms with van der Waals surface area (Å²) in [5, 5.41) is 8.10. The second-order valence-corrected chi connectivity index (χ2v) is 8.81. The summed E-state index contributed by atoms with van der Waals surface area (Å²) in [7, 11) is 1.64. The van der Waals surface area contributed by atoms with Gasteiger partial charge in [-0.1, -0.05) is 6.42 Å². The topological polar surface area (TPSA) is 79.0 Å². The van der Waals surface area contributed by atoms with Crippen molar-refractivity contribution in [1.82, 2.24) is 15.3 Å². The van der Waals surface area contributed by atoms with Crippen molar-refractivity contribution in [2.45, 2.75) is 43.1 Å². The van der Waals surface area contributed by atoms with E-state index in [9.17, 15) is 4.79 Å². The molecule has 1 saturated carbocycles. The van der Waals surface area contributed by atoms with Crippen LogP contribution >= 0.6 is 24.2 Å². The largest absolute Gasteiger partial charge is 0.495 e. The van der Waals surface area contributed by atoms with Crippen LogP contribution in [0, 0.1) is 5.92 Å². The molecule has 1 aromatic heterocycles. The van der Waals surface area contributed by atoms with E-state index < -0.39 is 0 Å². The van der Waals surface area contributed by atoms with E-state index in [1.54, 1.807) is 13.2 Å². The quantitative estimate of drug-likeness (QED) is 0.630. The molecule has 2 fully saturated rings. The van der Waals surface area contributed by atoms with Gasteiger partial charge in [-0.25, -0.2) is 4.98 Å². The first kappa shape index (κ1) is 21.3. The molecule has 8 heteroatoms. The fourth-order valence-electron chi connectivity index (χ4n) is 3.70. The van der Waals surface area contributed by atoms with Gasteiger partial charge in [0.25, 0.3) is 5.56 Å². The summed E-state index contributed by atoms with van der Waals surface area (Å²) in [6.07, 6.45) is 6.26. The van der Waals surface area contributed by atoms with Crippen molar-refractivity contribution in [2.24, 2.45) is 5.92 Å². The van der Waals surface area contributed by atoms with Crippen LogP contribution in [-0.2, 0) is 5.75 Å². The van der Waals surface area contributed by atoms with Crippen LogP contribution in [0.1, 0.15) is 37.9 Å². The number of rotatable bonds is 7. The first-order chi connectivity index (χ1) is 13.2. The Hall–Kier alpha value is -1.44. The Kier molecular flexibility index (Phi) is 7.48. The number of nitrogens with one attached hydrogen (secondary N) is 3. The van der Waals surface area contributed by atoms with E-state index in [-0.39, 0.29) is 18.0 Å². The molecule has 1 aliphatic carbocycles. The van der Waals surface area contributed by atoms with E-state index in [1.165, 1.54) is 32.1 Å². The van der Waals surface area contributed by atoms with Crippen molar-refractivity contribution in [3.8, 4) is 5.75 Å². The molecule has 4 rings (SSSR count). The maximum atomic E-state index is 12.6. The normalized spacial score (nSPS) is 17.8. The van der Waals surface area contributed by atoms with Gasteiger partial charge in [0, 0.05) is 11.8 Å². The maximum absolute atomic E-state index is 12.6. The van der Waals surface area contributed by atoms with Gasteiger partial charge in [-0.2, -0.15) is 11.8 Å². The van der Waals surface area contributed by atoms with Gasteiger partial charge in [0.1, 0.15) is 11.6 Å².